The smallest absolute Gasteiger partial charge is 0.321 e. The number of benzene rings is 1. The van der Waals surface area contributed by atoms with Crippen LogP contribution in [-0.2, 0) is 14.8 Å². The first-order valence-corrected chi connectivity index (χ1v) is 7.22. The number of hydrogen-bond donors (Lipinski definition) is 2. The minimum atomic E-state index is -3.84. The average molecular weight is 287 g/mol. The third-order valence-corrected chi connectivity index (χ3v) is 3.76. The molecule has 0 heterocycles. The van der Waals surface area contributed by atoms with Gasteiger partial charge in [0.05, 0.1) is 11.0 Å². The van der Waals surface area contributed by atoms with Crippen molar-refractivity contribution in [2.75, 3.05) is 0 Å². The molecule has 0 saturated heterocycles. The molecule has 0 amide bonds. The van der Waals surface area contributed by atoms with Crippen LogP contribution in [0.1, 0.15) is 20.8 Å². The summed E-state index contributed by atoms with van der Waals surface area (Å²) in [6.45, 7) is 4.98. The Morgan fingerprint density at radius 3 is 2.16 bits per heavy atom. The summed E-state index contributed by atoms with van der Waals surface area (Å²) in [5.41, 5.74) is 0. The van der Waals surface area contributed by atoms with Crippen LogP contribution in [0.3, 0.4) is 0 Å². The van der Waals surface area contributed by atoms with Crippen molar-refractivity contribution in [1.82, 2.24) is 4.72 Å². The maximum Gasteiger partial charge on any atom is 0.321 e. The van der Waals surface area contributed by atoms with Gasteiger partial charge in [-0.1, -0.05) is 0 Å². The van der Waals surface area contributed by atoms with Crippen LogP contribution < -0.4 is 9.46 Å². The second kappa shape index (κ2) is 6.03. The van der Waals surface area contributed by atoms with E-state index >= 15 is 0 Å². The quantitative estimate of drug-likeness (QED) is 0.820. The molecule has 0 aliphatic carbocycles. The fourth-order valence-corrected chi connectivity index (χ4v) is 2.52. The zero-order valence-electron chi connectivity index (χ0n) is 11.0. The number of aliphatic carboxylic acids is 1. The number of ether oxygens (including phenoxy) is 1. The second-order valence-corrected chi connectivity index (χ2v) is 6.03. The van der Waals surface area contributed by atoms with Crippen molar-refractivity contribution >= 4 is 16.0 Å². The Morgan fingerprint density at radius 1 is 1.21 bits per heavy atom. The van der Waals surface area contributed by atoms with Crippen molar-refractivity contribution < 1.29 is 23.1 Å². The molecule has 0 aliphatic rings. The van der Waals surface area contributed by atoms with E-state index in [1.807, 2.05) is 13.8 Å². The van der Waals surface area contributed by atoms with Crippen LogP contribution in [0.2, 0.25) is 0 Å². The Balaban J connectivity index is 2.88. The van der Waals surface area contributed by atoms with Crippen molar-refractivity contribution in [3.05, 3.63) is 24.3 Å². The Bertz CT molecular complexity index is 536. The summed E-state index contributed by atoms with van der Waals surface area (Å²) < 4.78 is 31.2. The van der Waals surface area contributed by atoms with Gasteiger partial charge in [-0.2, -0.15) is 4.72 Å². The van der Waals surface area contributed by atoms with Gasteiger partial charge < -0.3 is 9.84 Å². The molecule has 1 rings (SSSR count). The van der Waals surface area contributed by atoms with Gasteiger partial charge in [0.25, 0.3) is 0 Å². The van der Waals surface area contributed by atoms with E-state index in [1.54, 1.807) is 0 Å². The summed E-state index contributed by atoms with van der Waals surface area (Å²) in [4.78, 5) is 10.6. The predicted octanol–water partition coefficient (Wildman–Crippen LogP) is 1.23. The highest BCUT2D eigenvalue weighted by molar-refractivity contribution is 7.89. The lowest BCUT2D eigenvalue weighted by molar-refractivity contribution is -0.138. The zero-order valence-corrected chi connectivity index (χ0v) is 11.8. The fourth-order valence-electron chi connectivity index (χ4n) is 1.32. The summed E-state index contributed by atoms with van der Waals surface area (Å²) in [6, 6.07) is 4.61. The number of carboxylic acid groups (broad SMARTS) is 1. The lowest BCUT2D eigenvalue weighted by atomic mass is 10.3. The highest BCUT2D eigenvalue weighted by Crippen LogP contribution is 2.17. The molecule has 0 radical (unpaired) electrons. The van der Waals surface area contributed by atoms with Crippen molar-refractivity contribution in [3.8, 4) is 5.75 Å². The summed E-state index contributed by atoms with van der Waals surface area (Å²) >= 11 is 0. The Morgan fingerprint density at radius 2 is 1.74 bits per heavy atom. The van der Waals surface area contributed by atoms with Gasteiger partial charge in [0.2, 0.25) is 10.0 Å². The predicted molar refractivity (Wildman–Crippen MR) is 69.6 cm³/mol. The highest BCUT2D eigenvalue weighted by atomic mass is 32.2. The summed E-state index contributed by atoms with van der Waals surface area (Å²) in [5.74, 6) is -0.677. The lowest BCUT2D eigenvalue weighted by Gasteiger charge is -2.12. The molecule has 0 saturated carbocycles. The number of sulfonamides is 1. The largest absolute Gasteiger partial charge is 0.491 e. The second-order valence-electron chi connectivity index (χ2n) is 4.32. The summed E-state index contributed by atoms with van der Waals surface area (Å²) in [6.07, 6.45) is -0.00684. The molecule has 1 aromatic carbocycles. The normalized spacial score (nSPS) is 13.3. The van der Waals surface area contributed by atoms with Crippen molar-refractivity contribution in [2.24, 2.45) is 0 Å². The van der Waals surface area contributed by atoms with E-state index in [0.717, 1.165) is 0 Å². The topological polar surface area (TPSA) is 92.7 Å². The van der Waals surface area contributed by atoms with Gasteiger partial charge in [-0.3, -0.25) is 4.79 Å². The number of rotatable bonds is 6. The highest BCUT2D eigenvalue weighted by Gasteiger charge is 2.21. The van der Waals surface area contributed by atoms with Crippen molar-refractivity contribution in [3.63, 3.8) is 0 Å². The molecule has 1 aromatic rings. The summed E-state index contributed by atoms with van der Waals surface area (Å²) in [5, 5.41) is 8.69. The van der Waals surface area contributed by atoms with E-state index in [-0.39, 0.29) is 11.0 Å². The minimum Gasteiger partial charge on any atom is -0.491 e. The van der Waals surface area contributed by atoms with Gasteiger partial charge in [-0.25, -0.2) is 8.42 Å². The maximum atomic E-state index is 11.9. The average Bonchev–Trinajstić information content (AvgIpc) is 2.28. The Labute approximate surface area is 112 Å². The number of carboxylic acids is 1. The van der Waals surface area contributed by atoms with Crippen molar-refractivity contribution in [2.45, 2.75) is 37.8 Å². The Kier molecular flexibility index (Phi) is 4.90. The van der Waals surface area contributed by atoms with Crippen LogP contribution in [-0.4, -0.2) is 31.6 Å². The molecule has 0 unspecified atom stereocenters. The first-order valence-electron chi connectivity index (χ1n) is 5.74. The molecule has 0 fully saturated rings. The lowest BCUT2D eigenvalue weighted by Crippen LogP contribution is -2.38. The standard InChI is InChI=1S/C12H17NO5S/c1-8(2)18-10-4-6-11(7-5-10)19(16,17)13-9(3)12(14)15/h4-9,13H,1-3H3,(H,14,15)/t9-/m1/s1. The van der Waals surface area contributed by atoms with Gasteiger partial charge in [0, 0.05) is 0 Å². The van der Waals surface area contributed by atoms with Gasteiger partial charge in [0.1, 0.15) is 11.8 Å². The molecule has 0 aliphatic heterocycles. The molecular weight excluding hydrogens is 270 g/mol. The van der Waals surface area contributed by atoms with Crippen molar-refractivity contribution in [1.29, 1.82) is 0 Å². The molecule has 6 nitrogen and oxygen atoms in total. The maximum absolute atomic E-state index is 11.9. The number of hydrogen-bond acceptors (Lipinski definition) is 4. The molecule has 106 valence electrons. The molecule has 7 heteroatoms. The van der Waals surface area contributed by atoms with E-state index in [2.05, 4.69) is 4.72 Å². The van der Waals surface area contributed by atoms with E-state index in [9.17, 15) is 13.2 Å². The molecule has 0 aromatic heterocycles. The van der Waals surface area contributed by atoms with Gasteiger partial charge in [-0.15, -0.1) is 0 Å². The number of nitrogens with one attached hydrogen (secondary N) is 1. The van der Waals surface area contributed by atoms with Crippen LogP contribution in [0.25, 0.3) is 0 Å². The molecule has 2 N–H and O–H groups in total. The van der Waals surface area contributed by atoms with Gasteiger partial charge in [0.15, 0.2) is 0 Å². The molecule has 0 bridgehead atoms. The van der Waals surface area contributed by atoms with Crippen LogP contribution >= 0.6 is 0 Å². The van der Waals surface area contributed by atoms with Gasteiger partial charge >= 0.3 is 5.97 Å². The molecular formula is C12H17NO5S. The molecule has 0 spiro atoms. The van der Waals surface area contributed by atoms with E-state index in [0.29, 0.717) is 5.75 Å². The summed E-state index contributed by atoms with van der Waals surface area (Å²) in [7, 11) is -3.84. The monoisotopic (exact) mass is 287 g/mol. The van der Waals surface area contributed by atoms with Crippen LogP contribution in [0.5, 0.6) is 5.75 Å². The van der Waals surface area contributed by atoms with E-state index in [4.69, 9.17) is 9.84 Å². The van der Waals surface area contributed by atoms with Gasteiger partial charge in [-0.05, 0) is 45.0 Å². The SMILES string of the molecule is CC(C)Oc1ccc(S(=O)(=O)N[C@H](C)C(=O)O)cc1. The molecule has 19 heavy (non-hydrogen) atoms. The van der Waals surface area contributed by atoms with E-state index in [1.165, 1.54) is 31.2 Å². The third-order valence-electron chi connectivity index (χ3n) is 2.21. The first kappa shape index (κ1) is 15.5. The Hall–Kier alpha value is -1.60. The first-order chi connectivity index (χ1) is 8.72. The van der Waals surface area contributed by atoms with Crippen LogP contribution in [0, 0.1) is 0 Å². The molecule has 1 atom stereocenters. The van der Waals surface area contributed by atoms with Crippen LogP contribution in [0.4, 0.5) is 0 Å². The van der Waals surface area contributed by atoms with E-state index < -0.39 is 22.0 Å². The minimum absolute atomic E-state index is 0.00305. The fraction of sp³-hybridized carbons (Fsp3) is 0.417. The van der Waals surface area contributed by atoms with Crippen LogP contribution in [0.15, 0.2) is 29.2 Å². The zero-order chi connectivity index (χ0) is 14.6. The third kappa shape index (κ3) is 4.53. The number of carbonyl (C=O) groups is 1.